The van der Waals surface area contributed by atoms with Crippen LogP contribution in [0.2, 0.25) is 0 Å². The second-order valence-electron chi connectivity index (χ2n) is 6.84. The van der Waals surface area contributed by atoms with Gasteiger partial charge in [-0.05, 0) is 52.1 Å². The molecule has 0 radical (unpaired) electrons. The number of rotatable bonds is 12. The summed E-state index contributed by atoms with van der Waals surface area (Å²) in [6, 6.07) is -2.83. The number of amides is 3. The lowest BCUT2D eigenvalue weighted by Gasteiger charge is -2.23. The van der Waals surface area contributed by atoms with Gasteiger partial charge in [0.25, 0.3) is 0 Å². The predicted molar refractivity (Wildman–Crippen MR) is 100 cm³/mol. The van der Waals surface area contributed by atoms with E-state index in [1.165, 1.54) is 6.92 Å². The number of carboxylic acid groups (broad SMARTS) is 1. The third-order valence-corrected chi connectivity index (χ3v) is 4.44. The molecule has 0 spiro atoms. The van der Waals surface area contributed by atoms with Crippen LogP contribution in [0, 0.1) is 0 Å². The Labute approximate surface area is 163 Å². The Hall–Kier alpha value is -2.24. The molecule has 1 aliphatic rings. The molecule has 0 saturated carbocycles. The van der Waals surface area contributed by atoms with Crippen molar-refractivity contribution < 1.29 is 29.4 Å². The van der Waals surface area contributed by atoms with Gasteiger partial charge in [-0.2, -0.15) is 0 Å². The molecule has 3 amide bonds. The van der Waals surface area contributed by atoms with E-state index in [0.717, 1.165) is 13.0 Å². The Morgan fingerprint density at radius 3 is 2.46 bits per heavy atom. The molecule has 1 saturated heterocycles. The SMILES string of the molecule is CC(O)C(NC(=O)CNC(=O)C1CCCN1)C(=O)NC(CCCCN)C(=O)O. The van der Waals surface area contributed by atoms with Crippen LogP contribution >= 0.6 is 0 Å². The third kappa shape index (κ3) is 8.19. The largest absolute Gasteiger partial charge is 0.480 e. The number of hydrogen-bond donors (Lipinski definition) is 7. The van der Waals surface area contributed by atoms with Crippen LogP contribution in [-0.4, -0.2) is 77.8 Å². The van der Waals surface area contributed by atoms with E-state index in [1.54, 1.807) is 0 Å². The van der Waals surface area contributed by atoms with Gasteiger partial charge < -0.3 is 37.2 Å². The van der Waals surface area contributed by atoms with Gasteiger partial charge in [-0.1, -0.05) is 0 Å². The maximum absolute atomic E-state index is 12.3. The molecule has 0 aromatic rings. The van der Waals surface area contributed by atoms with E-state index >= 15 is 0 Å². The average molecular weight is 401 g/mol. The molecule has 4 atom stereocenters. The number of carbonyl (C=O) groups excluding carboxylic acids is 3. The summed E-state index contributed by atoms with van der Waals surface area (Å²) in [5.41, 5.74) is 5.38. The normalized spacial score (nSPS) is 19.3. The van der Waals surface area contributed by atoms with Gasteiger partial charge in [0.1, 0.15) is 12.1 Å². The van der Waals surface area contributed by atoms with Crippen LogP contribution in [0.4, 0.5) is 0 Å². The van der Waals surface area contributed by atoms with Crippen LogP contribution in [0.5, 0.6) is 0 Å². The number of nitrogens with two attached hydrogens (primary N) is 1. The van der Waals surface area contributed by atoms with Crippen LogP contribution in [0.15, 0.2) is 0 Å². The Balaban J connectivity index is 2.54. The topological polar surface area (TPSA) is 183 Å². The zero-order chi connectivity index (χ0) is 21.1. The molecular weight excluding hydrogens is 370 g/mol. The summed E-state index contributed by atoms with van der Waals surface area (Å²) in [7, 11) is 0. The van der Waals surface area contributed by atoms with Gasteiger partial charge in [-0.3, -0.25) is 14.4 Å². The van der Waals surface area contributed by atoms with Gasteiger partial charge in [0.2, 0.25) is 17.7 Å². The zero-order valence-electron chi connectivity index (χ0n) is 16.1. The van der Waals surface area contributed by atoms with Gasteiger partial charge in [-0.15, -0.1) is 0 Å². The molecule has 11 heteroatoms. The van der Waals surface area contributed by atoms with Crippen LogP contribution in [-0.2, 0) is 19.2 Å². The molecule has 11 nitrogen and oxygen atoms in total. The molecule has 28 heavy (non-hydrogen) atoms. The van der Waals surface area contributed by atoms with Crippen LogP contribution in [0.3, 0.4) is 0 Å². The van der Waals surface area contributed by atoms with Gasteiger partial charge in [-0.25, -0.2) is 4.79 Å². The summed E-state index contributed by atoms with van der Waals surface area (Å²) in [5.74, 6) is -3.00. The minimum Gasteiger partial charge on any atom is -0.480 e. The standard InChI is InChI=1S/C17H31N5O6/c1-10(23)14(16(26)21-12(17(27)28)5-2-3-7-18)22-13(24)9-20-15(25)11-6-4-8-19-11/h10-12,14,19,23H,2-9,18H2,1H3,(H,20,25)(H,21,26)(H,22,24)(H,27,28). The number of unbranched alkanes of at least 4 members (excludes halogenated alkanes) is 1. The maximum atomic E-state index is 12.3. The fraction of sp³-hybridized carbons (Fsp3) is 0.765. The molecule has 1 aliphatic heterocycles. The van der Waals surface area contributed by atoms with E-state index in [1.807, 2.05) is 0 Å². The molecule has 0 aliphatic carbocycles. The van der Waals surface area contributed by atoms with Crippen molar-refractivity contribution in [3.8, 4) is 0 Å². The van der Waals surface area contributed by atoms with Crippen molar-refractivity contribution in [3.63, 3.8) is 0 Å². The van der Waals surface area contributed by atoms with Crippen LogP contribution in [0.25, 0.3) is 0 Å². The number of aliphatic hydroxyl groups excluding tert-OH is 1. The van der Waals surface area contributed by atoms with Crippen LogP contribution < -0.4 is 27.0 Å². The summed E-state index contributed by atoms with van der Waals surface area (Å²) < 4.78 is 0. The first-order chi connectivity index (χ1) is 13.3. The maximum Gasteiger partial charge on any atom is 0.326 e. The van der Waals surface area contributed by atoms with Crippen LogP contribution in [0.1, 0.15) is 39.0 Å². The first kappa shape index (κ1) is 23.8. The minimum atomic E-state index is -1.34. The summed E-state index contributed by atoms with van der Waals surface area (Å²) in [4.78, 5) is 47.6. The summed E-state index contributed by atoms with van der Waals surface area (Å²) in [6.45, 7) is 2.10. The minimum absolute atomic E-state index is 0.184. The zero-order valence-corrected chi connectivity index (χ0v) is 16.1. The second kappa shape index (κ2) is 12.3. The summed E-state index contributed by atoms with van der Waals surface area (Å²) >= 11 is 0. The monoisotopic (exact) mass is 401 g/mol. The number of aliphatic hydroxyl groups is 1. The van der Waals surface area contributed by atoms with Crippen molar-refractivity contribution in [2.24, 2.45) is 5.73 Å². The number of nitrogens with one attached hydrogen (secondary N) is 4. The Morgan fingerprint density at radius 2 is 1.93 bits per heavy atom. The Kier molecular flexibility index (Phi) is 10.4. The molecule has 0 aromatic carbocycles. The molecule has 0 aromatic heterocycles. The summed E-state index contributed by atoms with van der Waals surface area (Å²) in [5, 5.41) is 29.1. The summed E-state index contributed by atoms with van der Waals surface area (Å²) in [6.07, 6.45) is 1.63. The molecule has 1 fully saturated rings. The lowest BCUT2D eigenvalue weighted by Crippen LogP contribution is -2.57. The van der Waals surface area contributed by atoms with Crippen molar-refractivity contribution in [1.82, 2.24) is 21.3 Å². The highest BCUT2D eigenvalue weighted by molar-refractivity contribution is 5.92. The highest BCUT2D eigenvalue weighted by atomic mass is 16.4. The molecule has 1 rings (SSSR count). The van der Waals surface area contributed by atoms with E-state index in [0.29, 0.717) is 25.8 Å². The Bertz CT molecular complexity index is 550. The van der Waals surface area contributed by atoms with Gasteiger partial charge in [0.15, 0.2) is 0 Å². The highest BCUT2D eigenvalue weighted by Gasteiger charge is 2.30. The number of hydrogen-bond acceptors (Lipinski definition) is 7. The van der Waals surface area contributed by atoms with Gasteiger partial charge in [0, 0.05) is 0 Å². The first-order valence-corrected chi connectivity index (χ1v) is 9.48. The second-order valence-corrected chi connectivity index (χ2v) is 6.84. The smallest absolute Gasteiger partial charge is 0.326 e. The number of carbonyl (C=O) groups is 4. The lowest BCUT2D eigenvalue weighted by molar-refractivity contribution is -0.143. The van der Waals surface area contributed by atoms with Crippen molar-refractivity contribution in [3.05, 3.63) is 0 Å². The quantitative estimate of drug-likeness (QED) is 0.174. The molecule has 4 unspecified atom stereocenters. The fourth-order valence-electron chi connectivity index (χ4n) is 2.84. The van der Waals surface area contributed by atoms with Crippen molar-refractivity contribution in [2.45, 2.75) is 63.3 Å². The third-order valence-electron chi connectivity index (χ3n) is 4.44. The van der Waals surface area contributed by atoms with E-state index in [-0.39, 0.29) is 24.9 Å². The van der Waals surface area contributed by atoms with E-state index in [9.17, 15) is 29.4 Å². The van der Waals surface area contributed by atoms with Crippen molar-refractivity contribution >= 4 is 23.7 Å². The van der Waals surface area contributed by atoms with Crippen molar-refractivity contribution in [1.29, 1.82) is 0 Å². The first-order valence-electron chi connectivity index (χ1n) is 9.48. The molecular formula is C17H31N5O6. The van der Waals surface area contributed by atoms with E-state index in [2.05, 4.69) is 21.3 Å². The highest BCUT2D eigenvalue weighted by Crippen LogP contribution is 2.05. The van der Waals surface area contributed by atoms with Crippen molar-refractivity contribution in [2.75, 3.05) is 19.6 Å². The molecule has 160 valence electrons. The van der Waals surface area contributed by atoms with E-state index < -0.39 is 36.0 Å². The molecule has 8 N–H and O–H groups in total. The molecule has 1 heterocycles. The molecule has 0 bridgehead atoms. The predicted octanol–water partition coefficient (Wildman–Crippen LogP) is -2.58. The fourth-order valence-corrected chi connectivity index (χ4v) is 2.84. The van der Waals surface area contributed by atoms with E-state index in [4.69, 9.17) is 5.73 Å². The number of aliphatic carboxylic acids is 1. The van der Waals surface area contributed by atoms with Gasteiger partial charge in [0.05, 0.1) is 18.7 Å². The number of carboxylic acids is 1. The van der Waals surface area contributed by atoms with Gasteiger partial charge >= 0.3 is 5.97 Å². The average Bonchev–Trinajstić information content (AvgIpc) is 3.17. The Morgan fingerprint density at radius 1 is 1.21 bits per heavy atom. The lowest BCUT2D eigenvalue weighted by atomic mass is 10.1.